The standard InChI is InChI=1S/C32H44N10O2.2CH3/c1-7-37-15-16-38(8-2)31(37)35-33-25-11-13-27(29(23-25)43-5)41-19-21-42(22-20-41)28-14-12-26(24-30(28)44-6)34-36-32-39(9-3)17-18-40(32)10-4;;/h11-18,23-24H,7-10,19-22H2,1-6H3;2*1H3/q+2;2*-1. The van der Waals surface area contributed by atoms with Crippen LogP contribution in [0.3, 0.4) is 0 Å². The van der Waals surface area contributed by atoms with Gasteiger partial charge in [-0.3, -0.25) is 0 Å². The number of piperazine rings is 1. The van der Waals surface area contributed by atoms with Crippen LogP contribution in [0.2, 0.25) is 0 Å². The van der Waals surface area contributed by atoms with Crippen LogP contribution in [0.4, 0.5) is 34.6 Å². The van der Waals surface area contributed by atoms with Gasteiger partial charge in [0.05, 0.1) is 76.6 Å². The Kier molecular flexibility index (Phi) is 12.8. The summed E-state index contributed by atoms with van der Waals surface area (Å²) in [5.41, 5.74) is 3.61. The number of nitrogens with zero attached hydrogens (tertiary/aromatic N) is 10. The number of aryl methyl sites for hydroxylation is 4. The first-order valence-corrected chi connectivity index (χ1v) is 15.4. The van der Waals surface area contributed by atoms with Crippen molar-refractivity contribution in [2.45, 2.75) is 53.9 Å². The lowest BCUT2D eigenvalue weighted by Crippen LogP contribution is -2.46. The summed E-state index contributed by atoms with van der Waals surface area (Å²) in [6.07, 6.45) is 8.13. The van der Waals surface area contributed by atoms with Gasteiger partial charge in [0.1, 0.15) is 22.9 Å². The molecule has 0 radical (unpaired) electrons. The van der Waals surface area contributed by atoms with Crippen LogP contribution in [0.1, 0.15) is 27.7 Å². The zero-order chi connectivity index (χ0) is 31.1. The Morgan fingerprint density at radius 3 is 1.33 bits per heavy atom. The van der Waals surface area contributed by atoms with Crippen molar-refractivity contribution in [3.63, 3.8) is 0 Å². The predicted octanol–water partition coefficient (Wildman–Crippen LogP) is 7.02. The zero-order valence-corrected chi connectivity index (χ0v) is 28.7. The Balaban J connectivity index is 0.00000288. The molecule has 248 valence electrons. The highest BCUT2D eigenvalue weighted by molar-refractivity contribution is 5.67. The fourth-order valence-corrected chi connectivity index (χ4v) is 5.51. The van der Waals surface area contributed by atoms with E-state index in [4.69, 9.17) is 9.47 Å². The largest absolute Gasteiger partial charge is 0.495 e. The zero-order valence-electron chi connectivity index (χ0n) is 28.7. The van der Waals surface area contributed by atoms with Gasteiger partial charge in [0.2, 0.25) is 0 Å². The number of benzene rings is 2. The molecule has 4 aromatic rings. The molecule has 0 N–H and O–H groups in total. The van der Waals surface area contributed by atoms with Crippen LogP contribution in [-0.2, 0) is 26.2 Å². The van der Waals surface area contributed by atoms with Gasteiger partial charge in [-0.05, 0) is 52.0 Å². The Labute approximate surface area is 274 Å². The Morgan fingerprint density at radius 1 is 0.609 bits per heavy atom. The second-order valence-electron chi connectivity index (χ2n) is 10.4. The SMILES string of the molecule is CCn1cc[n+](CC)c1N=Nc1ccc(N2CCN(c3ccc(N=Nc4n(CC)cc[n+]4CC)cc3OC)CC2)c(OC)c1.[CH3-].[CH3-]. The van der Waals surface area contributed by atoms with Crippen molar-refractivity contribution in [2.24, 2.45) is 20.5 Å². The Hall–Kier alpha value is -4.74. The van der Waals surface area contributed by atoms with Gasteiger partial charge in [-0.1, -0.05) is 10.2 Å². The van der Waals surface area contributed by atoms with E-state index in [0.717, 1.165) is 98.5 Å². The minimum absolute atomic E-state index is 0. The minimum atomic E-state index is 0. The molecule has 0 spiro atoms. The quantitative estimate of drug-likeness (QED) is 0.0956. The van der Waals surface area contributed by atoms with Gasteiger partial charge in [-0.2, -0.15) is 0 Å². The molecule has 1 fully saturated rings. The first kappa shape index (κ1) is 35.7. The monoisotopic (exact) mass is 630 g/mol. The second kappa shape index (κ2) is 16.5. The molecule has 5 rings (SSSR count). The van der Waals surface area contributed by atoms with Crippen molar-refractivity contribution in [1.29, 1.82) is 0 Å². The first-order chi connectivity index (χ1) is 21.5. The summed E-state index contributed by atoms with van der Waals surface area (Å²) in [4.78, 5) is 4.70. The van der Waals surface area contributed by atoms with Gasteiger partial charge in [0.25, 0.3) is 0 Å². The van der Waals surface area contributed by atoms with E-state index in [1.54, 1.807) is 14.2 Å². The molecule has 0 aliphatic carbocycles. The van der Waals surface area contributed by atoms with Crippen molar-refractivity contribution in [1.82, 2.24) is 9.13 Å². The predicted molar refractivity (Wildman–Crippen MR) is 184 cm³/mol. The average molecular weight is 631 g/mol. The van der Waals surface area contributed by atoms with E-state index in [-0.39, 0.29) is 14.9 Å². The molecule has 3 heterocycles. The van der Waals surface area contributed by atoms with Crippen LogP contribution >= 0.6 is 0 Å². The van der Waals surface area contributed by atoms with E-state index in [1.165, 1.54) is 0 Å². The molecular weight excluding hydrogens is 580 g/mol. The summed E-state index contributed by atoms with van der Waals surface area (Å²) in [7, 11) is 3.41. The number of aromatic nitrogens is 4. The van der Waals surface area contributed by atoms with E-state index < -0.39 is 0 Å². The van der Waals surface area contributed by atoms with E-state index in [1.807, 2.05) is 49.1 Å². The van der Waals surface area contributed by atoms with Gasteiger partial charge in [-0.25, -0.2) is 18.3 Å². The number of anilines is 2. The van der Waals surface area contributed by atoms with E-state index in [0.29, 0.717) is 0 Å². The maximum absolute atomic E-state index is 5.80. The minimum Gasteiger partial charge on any atom is -0.495 e. The first-order valence-electron chi connectivity index (χ1n) is 15.4. The van der Waals surface area contributed by atoms with Crippen molar-refractivity contribution >= 4 is 34.6 Å². The van der Waals surface area contributed by atoms with Gasteiger partial charge in [-0.15, -0.1) is 0 Å². The second-order valence-corrected chi connectivity index (χ2v) is 10.4. The third kappa shape index (κ3) is 7.55. The van der Waals surface area contributed by atoms with Crippen molar-refractivity contribution in [3.8, 4) is 11.5 Å². The fourth-order valence-electron chi connectivity index (χ4n) is 5.51. The molecular formula is C34H50N10O2. The molecule has 1 aliphatic heterocycles. The highest BCUT2D eigenvalue weighted by Gasteiger charge is 2.23. The van der Waals surface area contributed by atoms with E-state index in [2.05, 4.69) is 88.4 Å². The molecule has 0 atom stereocenters. The van der Waals surface area contributed by atoms with Gasteiger partial charge >= 0.3 is 11.9 Å². The lowest BCUT2D eigenvalue weighted by Gasteiger charge is -2.38. The number of rotatable bonds is 12. The third-order valence-corrected chi connectivity index (χ3v) is 8.04. The molecule has 0 amide bonds. The summed E-state index contributed by atoms with van der Waals surface area (Å²) in [6.45, 7) is 15.1. The van der Waals surface area contributed by atoms with E-state index in [9.17, 15) is 0 Å². The maximum atomic E-state index is 5.80. The summed E-state index contributed by atoms with van der Waals surface area (Å²) >= 11 is 0. The average Bonchev–Trinajstić information content (AvgIpc) is 3.68. The molecule has 46 heavy (non-hydrogen) atoms. The van der Waals surface area contributed by atoms with Crippen LogP contribution in [-0.4, -0.2) is 49.5 Å². The number of imidazole rings is 2. The molecule has 0 bridgehead atoms. The van der Waals surface area contributed by atoms with Crippen LogP contribution in [0.5, 0.6) is 11.5 Å². The topological polar surface area (TPSA) is 92.0 Å². The molecule has 2 aromatic heterocycles. The molecule has 2 aromatic carbocycles. The molecule has 1 aliphatic rings. The summed E-state index contributed by atoms with van der Waals surface area (Å²) in [5.74, 6) is 3.24. The van der Waals surface area contributed by atoms with E-state index >= 15 is 0 Å². The molecule has 0 saturated carbocycles. The lowest BCUT2D eigenvalue weighted by atomic mass is 10.2. The summed E-state index contributed by atoms with van der Waals surface area (Å²) in [5, 5.41) is 18.2. The lowest BCUT2D eigenvalue weighted by molar-refractivity contribution is -0.680. The molecule has 0 unspecified atom stereocenters. The summed E-state index contributed by atoms with van der Waals surface area (Å²) in [6, 6.07) is 12.1. The molecule has 1 saturated heterocycles. The normalized spacial score (nSPS) is 13.3. The smallest absolute Gasteiger partial charge is 0.421 e. The van der Waals surface area contributed by atoms with Crippen molar-refractivity contribution in [3.05, 3.63) is 76.0 Å². The number of methoxy groups -OCH3 is 2. The Bertz CT molecular complexity index is 1450. The Morgan fingerprint density at radius 2 is 1.00 bits per heavy atom. The van der Waals surface area contributed by atoms with Gasteiger partial charge < -0.3 is 34.1 Å². The van der Waals surface area contributed by atoms with Crippen molar-refractivity contribution in [2.75, 3.05) is 50.2 Å². The van der Waals surface area contributed by atoms with Crippen LogP contribution in [0, 0.1) is 14.9 Å². The summed E-state index contributed by atoms with van der Waals surface area (Å²) < 4.78 is 19.9. The number of azo groups is 2. The molecule has 12 nitrogen and oxygen atoms in total. The van der Waals surface area contributed by atoms with Crippen molar-refractivity contribution < 1.29 is 18.6 Å². The highest BCUT2D eigenvalue weighted by atomic mass is 16.5. The van der Waals surface area contributed by atoms with Gasteiger partial charge in [0, 0.05) is 48.5 Å². The van der Waals surface area contributed by atoms with Gasteiger partial charge in [0.15, 0.2) is 0 Å². The highest BCUT2D eigenvalue weighted by Crippen LogP contribution is 2.36. The van der Waals surface area contributed by atoms with Crippen LogP contribution in [0.25, 0.3) is 0 Å². The number of ether oxygens (including phenoxy) is 2. The molecule has 12 heteroatoms. The fraction of sp³-hybridized carbons (Fsp3) is 0.412. The third-order valence-electron chi connectivity index (χ3n) is 8.04. The number of hydrogen-bond acceptors (Lipinski definition) is 8. The van der Waals surface area contributed by atoms with Crippen LogP contribution in [0.15, 0.2) is 81.6 Å². The maximum Gasteiger partial charge on any atom is 0.421 e. The van der Waals surface area contributed by atoms with Crippen LogP contribution < -0.4 is 28.4 Å². The number of hydrogen-bond donors (Lipinski definition) is 0.